The van der Waals surface area contributed by atoms with Gasteiger partial charge in [-0.25, -0.2) is 4.79 Å². The van der Waals surface area contributed by atoms with Crippen LogP contribution >= 0.6 is 0 Å². The molecule has 3 atom stereocenters. The van der Waals surface area contributed by atoms with Crippen molar-refractivity contribution in [2.45, 2.75) is 25.2 Å². The summed E-state index contributed by atoms with van der Waals surface area (Å²) in [6.45, 7) is 1.61. The maximum atomic E-state index is 12.9. The molecule has 0 aliphatic carbocycles. The lowest BCUT2D eigenvalue weighted by molar-refractivity contribution is -0.163. The summed E-state index contributed by atoms with van der Waals surface area (Å²) in [5.41, 5.74) is 1.30. The normalized spacial score (nSPS) is 21.8. The number of para-hydroxylation sites is 1. The zero-order valence-electron chi connectivity index (χ0n) is 16.7. The Hall–Kier alpha value is -3.88. The first-order valence-corrected chi connectivity index (χ1v) is 9.76. The Labute approximate surface area is 178 Å². The van der Waals surface area contributed by atoms with E-state index in [1.807, 2.05) is 13.0 Å². The van der Waals surface area contributed by atoms with Gasteiger partial charge in [0, 0.05) is 12.1 Å². The van der Waals surface area contributed by atoms with Gasteiger partial charge in [-0.15, -0.1) is 0 Å². The van der Waals surface area contributed by atoms with Gasteiger partial charge in [0.25, 0.3) is 11.8 Å². The van der Waals surface area contributed by atoms with Crippen LogP contribution in [0.25, 0.3) is 0 Å². The number of carboxylic acid groups (broad SMARTS) is 1. The van der Waals surface area contributed by atoms with Crippen molar-refractivity contribution in [3.8, 4) is 5.75 Å². The van der Waals surface area contributed by atoms with Crippen LogP contribution in [0.4, 0.5) is 0 Å². The lowest BCUT2D eigenvalue weighted by atomic mass is 9.96. The van der Waals surface area contributed by atoms with E-state index in [1.54, 1.807) is 48.5 Å². The minimum absolute atomic E-state index is 0.0138. The summed E-state index contributed by atoms with van der Waals surface area (Å²) >= 11 is 0. The van der Waals surface area contributed by atoms with Gasteiger partial charge >= 0.3 is 5.97 Å². The minimum Gasteiger partial charge on any atom is -0.484 e. The predicted octanol–water partition coefficient (Wildman–Crippen LogP) is 0.636. The number of ether oxygens (including phenoxy) is 1. The molecule has 2 aromatic carbocycles. The Kier molecular flexibility index (Phi) is 5.33. The number of hydrogen-bond donors (Lipinski definition) is 2. The zero-order chi connectivity index (χ0) is 22.1. The summed E-state index contributed by atoms with van der Waals surface area (Å²) in [4.78, 5) is 51.8. The molecule has 2 aliphatic rings. The summed E-state index contributed by atoms with van der Waals surface area (Å²) < 4.78 is 5.37. The Bertz CT molecular complexity index is 1020. The number of benzene rings is 2. The molecule has 2 aromatic rings. The first-order chi connectivity index (χ1) is 14.9. The number of β-lactam (4-membered cyclic amide) rings is 1. The molecule has 9 heteroatoms. The van der Waals surface area contributed by atoms with Crippen LogP contribution in [0, 0.1) is 6.92 Å². The van der Waals surface area contributed by atoms with Crippen LogP contribution in [0.5, 0.6) is 5.75 Å². The average Bonchev–Trinajstić information content (AvgIpc) is 3.13. The van der Waals surface area contributed by atoms with E-state index in [2.05, 4.69) is 5.32 Å². The number of carboxylic acids is 1. The van der Waals surface area contributed by atoms with E-state index in [4.69, 9.17) is 4.74 Å². The lowest BCUT2D eigenvalue weighted by Gasteiger charge is -2.43. The molecule has 2 unspecified atom stereocenters. The monoisotopic (exact) mass is 423 g/mol. The van der Waals surface area contributed by atoms with Gasteiger partial charge in [-0.2, -0.15) is 0 Å². The van der Waals surface area contributed by atoms with E-state index in [1.165, 1.54) is 0 Å². The number of carbonyl (C=O) groups excluding carboxylic acids is 3. The highest BCUT2D eigenvalue weighted by atomic mass is 16.5. The summed E-state index contributed by atoms with van der Waals surface area (Å²) in [5, 5.41) is 12.2. The van der Waals surface area contributed by atoms with Crippen LogP contribution in [0.3, 0.4) is 0 Å². The number of hydrogen-bond acceptors (Lipinski definition) is 5. The van der Waals surface area contributed by atoms with Gasteiger partial charge in [0.15, 0.2) is 6.61 Å². The maximum Gasteiger partial charge on any atom is 0.347 e. The van der Waals surface area contributed by atoms with Gasteiger partial charge < -0.3 is 25.0 Å². The van der Waals surface area contributed by atoms with Crippen molar-refractivity contribution in [2.24, 2.45) is 0 Å². The van der Waals surface area contributed by atoms with E-state index < -0.39 is 41.9 Å². The van der Waals surface area contributed by atoms with E-state index in [-0.39, 0.29) is 13.2 Å². The van der Waals surface area contributed by atoms with Crippen LogP contribution in [-0.2, 0) is 14.4 Å². The van der Waals surface area contributed by atoms with Gasteiger partial charge in [-0.1, -0.05) is 35.9 Å². The highest BCUT2D eigenvalue weighted by Gasteiger charge is 2.61. The molecule has 0 bridgehead atoms. The molecule has 0 spiro atoms. The van der Waals surface area contributed by atoms with Crippen LogP contribution in [0.15, 0.2) is 54.6 Å². The van der Waals surface area contributed by atoms with Crippen molar-refractivity contribution in [3.05, 3.63) is 65.7 Å². The van der Waals surface area contributed by atoms with Crippen LogP contribution in [0.1, 0.15) is 15.9 Å². The maximum absolute atomic E-state index is 12.9. The molecule has 0 saturated carbocycles. The molecule has 2 heterocycles. The second-order valence-electron chi connectivity index (χ2n) is 7.50. The highest BCUT2D eigenvalue weighted by Crippen LogP contribution is 2.33. The van der Waals surface area contributed by atoms with Gasteiger partial charge in [0.05, 0.1) is 6.04 Å². The number of aliphatic carboxylic acids is 1. The third-order valence-electron chi connectivity index (χ3n) is 5.41. The SMILES string of the molecule is Cc1ccc(C(=O)N2CC3[C@H](NC(=O)COc4ccccc4)C(=O)N3C2C(=O)O)cc1. The molecule has 2 N–H and O–H groups in total. The lowest BCUT2D eigenvalue weighted by Crippen LogP contribution is -2.71. The van der Waals surface area contributed by atoms with Crippen LogP contribution < -0.4 is 10.1 Å². The fraction of sp³-hybridized carbons (Fsp3) is 0.273. The van der Waals surface area contributed by atoms with Gasteiger partial charge in [0.2, 0.25) is 12.1 Å². The Morgan fingerprint density at radius 3 is 2.42 bits per heavy atom. The van der Waals surface area contributed by atoms with Crippen LogP contribution in [0.2, 0.25) is 0 Å². The molecular formula is C22H21N3O6. The van der Waals surface area contributed by atoms with Crippen LogP contribution in [-0.4, -0.2) is 70.0 Å². The highest BCUT2D eigenvalue weighted by molar-refractivity contribution is 6.02. The number of nitrogens with zero attached hydrogens (tertiary/aromatic N) is 2. The number of carbonyl (C=O) groups is 4. The average molecular weight is 423 g/mol. The van der Waals surface area contributed by atoms with Gasteiger partial charge in [-0.05, 0) is 31.2 Å². The second-order valence-corrected chi connectivity index (χ2v) is 7.50. The molecule has 9 nitrogen and oxygen atoms in total. The second kappa shape index (κ2) is 8.10. The van der Waals surface area contributed by atoms with Crippen molar-refractivity contribution < 1.29 is 29.0 Å². The molecular weight excluding hydrogens is 402 g/mol. The third-order valence-corrected chi connectivity index (χ3v) is 5.41. The summed E-state index contributed by atoms with van der Waals surface area (Å²) in [7, 11) is 0. The molecule has 160 valence electrons. The Morgan fingerprint density at radius 1 is 1.10 bits per heavy atom. The zero-order valence-corrected chi connectivity index (χ0v) is 16.7. The molecule has 2 fully saturated rings. The van der Waals surface area contributed by atoms with Crippen molar-refractivity contribution in [1.29, 1.82) is 0 Å². The smallest absolute Gasteiger partial charge is 0.347 e. The Morgan fingerprint density at radius 2 is 1.77 bits per heavy atom. The standard InChI is InChI=1S/C22H21N3O6/c1-13-7-9-14(10-8-13)20(27)24-11-16-18(21(28)25(16)19(24)22(29)30)23-17(26)12-31-15-5-3-2-4-6-15/h2-10,16,18-19H,11-12H2,1H3,(H,23,26)(H,29,30)/t16?,18-,19?/m0/s1. The molecule has 4 rings (SSSR count). The first-order valence-electron chi connectivity index (χ1n) is 9.76. The third kappa shape index (κ3) is 3.81. The van der Waals surface area contributed by atoms with Crippen molar-refractivity contribution in [2.75, 3.05) is 13.2 Å². The molecule has 0 radical (unpaired) electrons. The van der Waals surface area contributed by atoms with Gasteiger partial charge in [0.1, 0.15) is 11.8 Å². The summed E-state index contributed by atoms with van der Waals surface area (Å²) in [5.74, 6) is -2.30. The fourth-order valence-electron chi connectivity index (χ4n) is 3.86. The fourth-order valence-corrected chi connectivity index (χ4v) is 3.86. The number of rotatable bonds is 6. The first kappa shape index (κ1) is 20.4. The van der Waals surface area contributed by atoms with Crippen molar-refractivity contribution in [1.82, 2.24) is 15.1 Å². The van der Waals surface area contributed by atoms with Crippen molar-refractivity contribution in [3.63, 3.8) is 0 Å². The number of fused-ring (bicyclic) bond motifs is 1. The van der Waals surface area contributed by atoms with E-state index in [0.29, 0.717) is 11.3 Å². The molecule has 3 amide bonds. The molecule has 2 saturated heterocycles. The topological polar surface area (TPSA) is 116 Å². The molecule has 0 aromatic heterocycles. The number of aryl methyl sites for hydroxylation is 1. The number of nitrogens with one attached hydrogen (secondary N) is 1. The Balaban J connectivity index is 1.43. The van der Waals surface area contributed by atoms with E-state index in [9.17, 15) is 24.3 Å². The van der Waals surface area contributed by atoms with Crippen molar-refractivity contribution >= 4 is 23.7 Å². The quantitative estimate of drug-likeness (QED) is 0.659. The largest absolute Gasteiger partial charge is 0.484 e. The molecule has 31 heavy (non-hydrogen) atoms. The van der Waals surface area contributed by atoms with E-state index in [0.717, 1.165) is 15.4 Å². The predicted molar refractivity (Wildman–Crippen MR) is 108 cm³/mol. The van der Waals surface area contributed by atoms with Gasteiger partial charge in [-0.3, -0.25) is 14.4 Å². The summed E-state index contributed by atoms with van der Waals surface area (Å²) in [6.07, 6.45) is -1.40. The summed E-state index contributed by atoms with van der Waals surface area (Å²) in [6, 6.07) is 14.0. The minimum atomic E-state index is -1.40. The number of amides is 3. The molecule has 2 aliphatic heterocycles. The van der Waals surface area contributed by atoms with E-state index >= 15 is 0 Å².